The molecule has 0 saturated carbocycles. The summed E-state index contributed by atoms with van der Waals surface area (Å²) in [6, 6.07) is 14.9. The highest BCUT2D eigenvalue weighted by Crippen LogP contribution is 2.32. The number of piperazine rings is 1. The summed E-state index contributed by atoms with van der Waals surface area (Å²) in [5.74, 6) is -0.162. The van der Waals surface area contributed by atoms with Gasteiger partial charge in [0.15, 0.2) is 0 Å². The van der Waals surface area contributed by atoms with Crippen molar-refractivity contribution in [3.63, 3.8) is 0 Å². The van der Waals surface area contributed by atoms with E-state index >= 15 is 0 Å². The molecule has 0 spiro atoms. The van der Waals surface area contributed by atoms with E-state index < -0.39 is 11.7 Å². The van der Waals surface area contributed by atoms with Crippen LogP contribution < -0.4 is 4.90 Å². The number of hydrogen-bond acceptors (Lipinski definition) is 3. The average molecular weight is 414 g/mol. The van der Waals surface area contributed by atoms with Crippen molar-refractivity contribution in [3.8, 4) is 11.3 Å². The molecule has 0 bridgehead atoms. The molecule has 0 unspecified atom stereocenters. The van der Waals surface area contributed by atoms with Crippen molar-refractivity contribution < 1.29 is 18.0 Å². The maximum absolute atomic E-state index is 13.0. The molecule has 1 aliphatic heterocycles. The van der Waals surface area contributed by atoms with Crippen LogP contribution in [0.4, 0.5) is 18.9 Å². The molecule has 2 aromatic carbocycles. The van der Waals surface area contributed by atoms with E-state index in [9.17, 15) is 18.0 Å². The van der Waals surface area contributed by atoms with Crippen LogP contribution in [-0.4, -0.2) is 47.2 Å². The van der Waals surface area contributed by atoms with Gasteiger partial charge in [-0.05, 0) is 31.2 Å². The van der Waals surface area contributed by atoms with Gasteiger partial charge < -0.3 is 9.80 Å². The quantitative estimate of drug-likeness (QED) is 0.693. The van der Waals surface area contributed by atoms with Crippen LogP contribution in [0.3, 0.4) is 0 Å². The fraction of sp³-hybridized carbons (Fsp3) is 0.273. The number of aryl methyl sites for hydroxylation is 1. The van der Waals surface area contributed by atoms with Gasteiger partial charge in [-0.25, -0.2) is 0 Å². The Kier molecular flexibility index (Phi) is 5.24. The normalized spacial score (nSPS) is 14.8. The van der Waals surface area contributed by atoms with Crippen molar-refractivity contribution in [2.45, 2.75) is 13.1 Å². The number of nitrogens with zero attached hydrogens (tertiary/aromatic N) is 3. The summed E-state index contributed by atoms with van der Waals surface area (Å²) in [5, 5.41) is 7.04. The van der Waals surface area contributed by atoms with Crippen molar-refractivity contribution in [2.24, 2.45) is 0 Å². The first-order valence-electron chi connectivity index (χ1n) is 9.65. The molecule has 30 heavy (non-hydrogen) atoms. The van der Waals surface area contributed by atoms with Gasteiger partial charge in [0, 0.05) is 37.4 Å². The maximum atomic E-state index is 13.0. The number of carbonyl (C=O) groups is 1. The molecule has 1 saturated heterocycles. The van der Waals surface area contributed by atoms with Gasteiger partial charge in [-0.2, -0.15) is 18.3 Å². The van der Waals surface area contributed by atoms with Crippen LogP contribution in [0.1, 0.15) is 21.6 Å². The zero-order valence-corrected chi connectivity index (χ0v) is 16.4. The van der Waals surface area contributed by atoms with Gasteiger partial charge in [-0.15, -0.1) is 0 Å². The Hall–Kier alpha value is -3.29. The van der Waals surface area contributed by atoms with Crippen LogP contribution in [0.25, 0.3) is 11.3 Å². The molecule has 156 valence electrons. The summed E-state index contributed by atoms with van der Waals surface area (Å²) >= 11 is 0. The number of aromatic nitrogens is 2. The number of alkyl halides is 3. The molecule has 4 rings (SSSR count). The lowest BCUT2D eigenvalue weighted by molar-refractivity contribution is -0.137. The minimum atomic E-state index is -4.37. The highest BCUT2D eigenvalue weighted by molar-refractivity contribution is 5.93. The van der Waals surface area contributed by atoms with E-state index in [4.69, 9.17) is 0 Å². The molecule has 1 aromatic heterocycles. The fourth-order valence-electron chi connectivity index (χ4n) is 3.52. The van der Waals surface area contributed by atoms with E-state index in [0.717, 1.165) is 23.3 Å². The van der Waals surface area contributed by atoms with Gasteiger partial charge in [0.05, 0.1) is 11.3 Å². The van der Waals surface area contributed by atoms with Crippen molar-refractivity contribution in [1.82, 2.24) is 15.1 Å². The summed E-state index contributed by atoms with van der Waals surface area (Å²) in [6.45, 7) is 3.78. The number of aromatic amines is 1. The van der Waals surface area contributed by atoms with Crippen molar-refractivity contribution in [2.75, 3.05) is 31.1 Å². The Bertz CT molecular complexity index is 1040. The molecule has 0 aliphatic carbocycles. The van der Waals surface area contributed by atoms with Crippen LogP contribution in [0.5, 0.6) is 0 Å². The van der Waals surface area contributed by atoms with E-state index in [-0.39, 0.29) is 5.91 Å². The zero-order valence-electron chi connectivity index (χ0n) is 16.4. The van der Waals surface area contributed by atoms with E-state index in [2.05, 4.69) is 10.2 Å². The second-order valence-electron chi connectivity index (χ2n) is 7.36. The smallest absolute Gasteiger partial charge is 0.368 e. The first-order valence-corrected chi connectivity index (χ1v) is 9.65. The Morgan fingerprint density at radius 3 is 2.37 bits per heavy atom. The molecule has 0 radical (unpaired) electrons. The van der Waals surface area contributed by atoms with Crippen LogP contribution in [0.2, 0.25) is 0 Å². The minimum Gasteiger partial charge on any atom is -0.368 e. The maximum Gasteiger partial charge on any atom is 0.416 e. The molecular weight excluding hydrogens is 393 g/mol. The van der Waals surface area contributed by atoms with E-state index in [1.807, 2.05) is 36.1 Å². The monoisotopic (exact) mass is 414 g/mol. The molecule has 1 amide bonds. The number of benzene rings is 2. The molecule has 1 N–H and O–H groups in total. The van der Waals surface area contributed by atoms with Crippen LogP contribution in [0, 0.1) is 6.92 Å². The Morgan fingerprint density at radius 2 is 1.70 bits per heavy atom. The average Bonchev–Trinajstić information content (AvgIpc) is 3.24. The van der Waals surface area contributed by atoms with Gasteiger partial charge in [0.2, 0.25) is 0 Å². The highest BCUT2D eigenvalue weighted by atomic mass is 19.4. The van der Waals surface area contributed by atoms with E-state index in [0.29, 0.717) is 43.3 Å². The Balaban J connectivity index is 1.41. The lowest BCUT2D eigenvalue weighted by Gasteiger charge is -2.36. The standard InChI is InChI=1S/C22H21F3N4O/c1-15-5-7-16(8-6-15)19-14-20(27-26-19)21(30)29-11-9-28(10-12-29)18-4-2-3-17(13-18)22(23,24)25/h2-8,13-14H,9-12H2,1H3,(H,26,27). The molecule has 3 aromatic rings. The first-order chi connectivity index (χ1) is 14.3. The van der Waals surface area contributed by atoms with Crippen LogP contribution in [-0.2, 0) is 6.18 Å². The minimum absolute atomic E-state index is 0.162. The fourth-order valence-corrected chi connectivity index (χ4v) is 3.52. The number of H-pyrrole nitrogens is 1. The molecule has 1 fully saturated rings. The number of halogens is 3. The van der Waals surface area contributed by atoms with Gasteiger partial charge in [-0.1, -0.05) is 35.9 Å². The molecule has 8 heteroatoms. The molecule has 1 aliphatic rings. The predicted octanol–water partition coefficient (Wildman–Crippen LogP) is 4.37. The first kappa shape index (κ1) is 20.0. The number of amides is 1. The largest absolute Gasteiger partial charge is 0.416 e. The third-order valence-electron chi connectivity index (χ3n) is 5.26. The topological polar surface area (TPSA) is 52.2 Å². The zero-order chi connectivity index (χ0) is 21.3. The van der Waals surface area contributed by atoms with Crippen LogP contribution in [0.15, 0.2) is 54.6 Å². The van der Waals surface area contributed by atoms with Crippen molar-refractivity contribution in [1.29, 1.82) is 0 Å². The summed E-state index contributed by atoms with van der Waals surface area (Å²) < 4.78 is 38.9. The molecule has 2 heterocycles. The van der Waals surface area contributed by atoms with Crippen molar-refractivity contribution >= 4 is 11.6 Å². The van der Waals surface area contributed by atoms with E-state index in [1.54, 1.807) is 17.0 Å². The highest BCUT2D eigenvalue weighted by Gasteiger charge is 2.31. The predicted molar refractivity (Wildman–Crippen MR) is 108 cm³/mol. The van der Waals surface area contributed by atoms with Gasteiger partial charge in [-0.3, -0.25) is 9.89 Å². The van der Waals surface area contributed by atoms with Gasteiger partial charge in [0.25, 0.3) is 5.91 Å². The summed E-state index contributed by atoms with van der Waals surface area (Å²) in [6.07, 6.45) is -4.37. The van der Waals surface area contributed by atoms with Gasteiger partial charge >= 0.3 is 6.18 Å². The SMILES string of the molecule is Cc1ccc(-c2cc(C(=O)N3CCN(c4cccc(C(F)(F)F)c4)CC3)[nH]n2)cc1. The third-order valence-corrected chi connectivity index (χ3v) is 5.26. The number of nitrogens with one attached hydrogen (secondary N) is 1. The summed E-state index contributed by atoms with van der Waals surface area (Å²) in [4.78, 5) is 16.4. The molecule has 5 nitrogen and oxygen atoms in total. The van der Waals surface area contributed by atoms with Crippen molar-refractivity contribution in [3.05, 3.63) is 71.4 Å². The summed E-state index contributed by atoms with van der Waals surface area (Å²) in [5.41, 5.74) is 3.01. The summed E-state index contributed by atoms with van der Waals surface area (Å²) in [7, 11) is 0. The second kappa shape index (κ2) is 7.85. The third kappa shape index (κ3) is 4.17. The molecular formula is C22H21F3N4O. The lowest BCUT2D eigenvalue weighted by Crippen LogP contribution is -2.49. The Labute approximate surface area is 172 Å². The van der Waals surface area contributed by atoms with E-state index in [1.165, 1.54) is 6.07 Å². The Morgan fingerprint density at radius 1 is 1.00 bits per heavy atom. The number of anilines is 1. The second-order valence-corrected chi connectivity index (χ2v) is 7.36. The van der Waals surface area contributed by atoms with Gasteiger partial charge in [0.1, 0.15) is 5.69 Å². The lowest BCUT2D eigenvalue weighted by atomic mass is 10.1. The number of rotatable bonds is 3. The number of carbonyl (C=O) groups excluding carboxylic acids is 1. The van der Waals surface area contributed by atoms with Crippen LogP contribution >= 0.6 is 0 Å². The molecule has 0 atom stereocenters. The number of hydrogen-bond donors (Lipinski definition) is 1.